The van der Waals surface area contributed by atoms with Crippen LogP contribution < -0.4 is 10.5 Å². The summed E-state index contributed by atoms with van der Waals surface area (Å²) in [6, 6.07) is 7.04. The molecule has 1 aromatic rings. The Morgan fingerprint density at radius 3 is 2.52 bits per heavy atom. The highest BCUT2D eigenvalue weighted by Crippen LogP contribution is 2.27. The molecule has 1 aliphatic rings. The Morgan fingerprint density at radius 1 is 1.24 bits per heavy atom. The van der Waals surface area contributed by atoms with Crippen molar-refractivity contribution in [2.24, 2.45) is 11.7 Å². The summed E-state index contributed by atoms with van der Waals surface area (Å²) in [6.07, 6.45) is 6.44. The van der Waals surface area contributed by atoms with E-state index in [0.717, 1.165) is 18.4 Å². The number of rotatable bonds is 6. The van der Waals surface area contributed by atoms with Gasteiger partial charge in [-0.05, 0) is 36.8 Å². The maximum absolute atomic E-state index is 12.7. The average Bonchev–Trinajstić information content (AvgIpc) is 2.53. The van der Waals surface area contributed by atoms with E-state index in [-0.39, 0.29) is 6.04 Å². The van der Waals surface area contributed by atoms with Crippen molar-refractivity contribution in [1.82, 2.24) is 4.72 Å². The first-order valence-corrected chi connectivity index (χ1v) is 9.37. The fourth-order valence-corrected chi connectivity index (χ4v) is 4.82. The van der Waals surface area contributed by atoms with Gasteiger partial charge in [0.1, 0.15) is 0 Å². The molecule has 0 bridgehead atoms. The monoisotopic (exact) mass is 310 g/mol. The van der Waals surface area contributed by atoms with Crippen molar-refractivity contribution in [2.45, 2.75) is 56.4 Å². The first kappa shape index (κ1) is 16.5. The molecule has 21 heavy (non-hydrogen) atoms. The van der Waals surface area contributed by atoms with Crippen molar-refractivity contribution in [3.63, 3.8) is 0 Å². The van der Waals surface area contributed by atoms with Gasteiger partial charge in [0.15, 0.2) is 0 Å². The Kier molecular flexibility index (Phi) is 5.79. The molecule has 1 unspecified atom stereocenters. The van der Waals surface area contributed by atoms with E-state index in [1.807, 2.05) is 19.1 Å². The molecule has 2 rings (SSSR count). The van der Waals surface area contributed by atoms with Crippen molar-refractivity contribution < 1.29 is 8.42 Å². The number of hydrogen-bond donors (Lipinski definition) is 2. The summed E-state index contributed by atoms with van der Waals surface area (Å²) in [5.74, 6) is 0.368. The molecule has 0 amide bonds. The lowest BCUT2D eigenvalue weighted by Crippen LogP contribution is -2.46. The van der Waals surface area contributed by atoms with Gasteiger partial charge in [0.25, 0.3) is 0 Å². The number of aryl methyl sites for hydroxylation is 1. The second kappa shape index (κ2) is 7.38. The van der Waals surface area contributed by atoms with Gasteiger partial charge in [-0.25, -0.2) is 13.1 Å². The Morgan fingerprint density at radius 2 is 1.90 bits per heavy atom. The van der Waals surface area contributed by atoms with E-state index < -0.39 is 10.0 Å². The van der Waals surface area contributed by atoms with E-state index in [9.17, 15) is 8.42 Å². The zero-order valence-corrected chi connectivity index (χ0v) is 13.5. The first-order valence-electron chi connectivity index (χ1n) is 7.88. The third kappa shape index (κ3) is 4.05. The van der Waals surface area contributed by atoms with Gasteiger partial charge in [0.05, 0.1) is 4.90 Å². The van der Waals surface area contributed by atoms with Crippen LogP contribution in [-0.2, 0) is 16.4 Å². The molecule has 0 aromatic heterocycles. The van der Waals surface area contributed by atoms with Crippen molar-refractivity contribution in [3.8, 4) is 0 Å². The van der Waals surface area contributed by atoms with Crippen LogP contribution in [0.2, 0.25) is 0 Å². The van der Waals surface area contributed by atoms with E-state index >= 15 is 0 Å². The Hall–Kier alpha value is -0.910. The molecule has 0 radical (unpaired) electrons. The highest BCUT2D eigenvalue weighted by molar-refractivity contribution is 7.89. The molecule has 4 nitrogen and oxygen atoms in total. The third-order valence-corrected chi connectivity index (χ3v) is 6.01. The Balaban J connectivity index is 2.18. The van der Waals surface area contributed by atoms with Crippen molar-refractivity contribution >= 4 is 10.0 Å². The summed E-state index contributed by atoms with van der Waals surface area (Å²) in [5.41, 5.74) is 6.68. The Labute approximate surface area is 128 Å². The van der Waals surface area contributed by atoms with Crippen LogP contribution in [0.25, 0.3) is 0 Å². The quantitative estimate of drug-likeness (QED) is 0.847. The number of nitrogens with one attached hydrogen (secondary N) is 1. The minimum absolute atomic E-state index is 0.153. The lowest BCUT2D eigenvalue weighted by molar-refractivity contribution is 0.294. The van der Waals surface area contributed by atoms with E-state index in [1.165, 1.54) is 19.3 Å². The second-order valence-electron chi connectivity index (χ2n) is 5.82. The molecule has 0 aliphatic heterocycles. The zero-order valence-electron chi connectivity index (χ0n) is 12.7. The molecular weight excluding hydrogens is 284 g/mol. The van der Waals surface area contributed by atoms with Crippen LogP contribution in [0.15, 0.2) is 29.2 Å². The fourth-order valence-electron chi connectivity index (χ4n) is 3.19. The minimum atomic E-state index is -3.49. The van der Waals surface area contributed by atoms with Crippen LogP contribution in [0.4, 0.5) is 0 Å². The van der Waals surface area contributed by atoms with Gasteiger partial charge in [-0.1, -0.05) is 44.4 Å². The van der Waals surface area contributed by atoms with E-state index in [2.05, 4.69) is 4.72 Å². The average molecular weight is 310 g/mol. The van der Waals surface area contributed by atoms with E-state index in [4.69, 9.17) is 5.73 Å². The van der Waals surface area contributed by atoms with Crippen LogP contribution in [0.3, 0.4) is 0 Å². The lowest BCUT2D eigenvalue weighted by atomic mass is 9.84. The topological polar surface area (TPSA) is 72.2 Å². The highest BCUT2D eigenvalue weighted by atomic mass is 32.2. The number of sulfonamides is 1. The maximum Gasteiger partial charge on any atom is 0.241 e. The molecule has 1 fully saturated rings. The fraction of sp³-hybridized carbons (Fsp3) is 0.625. The van der Waals surface area contributed by atoms with Gasteiger partial charge in [0.2, 0.25) is 10.0 Å². The smallest absolute Gasteiger partial charge is 0.241 e. The number of benzene rings is 1. The second-order valence-corrected chi connectivity index (χ2v) is 7.51. The maximum atomic E-state index is 12.7. The summed E-state index contributed by atoms with van der Waals surface area (Å²) in [6.45, 7) is 2.33. The summed E-state index contributed by atoms with van der Waals surface area (Å²) < 4.78 is 28.2. The third-order valence-electron chi connectivity index (χ3n) is 4.42. The highest BCUT2D eigenvalue weighted by Gasteiger charge is 2.28. The molecule has 3 N–H and O–H groups in total. The largest absolute Gasteiger partial charge is 0.329 e. The summed E-state index contributed by atoms with van der Waals surface area (Å²) in [5, 5.41) is 0. The van der Waals surface area contributed by atoms with Gasteiger partial charge in [-0.2, -0.15) is 0 Å². The number of hydrogen-bond acceptors (Lipinski definition) is 3. The lowest BCUT2D eigenvalue weighted by Gasteiger charge is -2.30. The molecule has 118 valence electrons. The van der Waals surface area contributed by atoms with Crippen LogP contribution >= 0.6 is 0 Å². The Bertz CT molecular complexity index is 551. The molecule has 0 heterocycles. The summed E-state index contributed by atoms with van der Waals surface area (Å²) >= 11 is 0. The summed E-state index contributed by atoms with van der Waals surface area (Å²) in [4.78, 5) is 0.391. The molecule has 1 aromatic carbocycles. The van der Waals surface area contributed by atoms with Gasteiger partial charge >= 0.3 is 0 Å². The normalized spacial score (nSPS) is 18.6. The molecule has 1 saturated carbocycles. The van der Waals surface area contributed by atoms with Gasteiger partial charge in [0, 0.05) is 12.6 Å². The van der Waals surface area contributed by atoms with Crippen LogP contribution in [0.1, 0.15) is 44.6 Å². The van der Waals surface area contributed by atoms with E-state index in [1.54, 1.807) is 12.1 Å². The SMILES string of the molecule is CCc1ccccc1S(=O)(=O)NC(CN)C1CCCCC1. The predicted octanol–water partition coefficient (Wildman–Crippen LogP) is 2.43. The van der Waals surface area contributed by atoms with Crippen LogP contribution in [0.5, 0.6) is 0 Å². The van der Waals surface area contributed by atoms with Crippen LogP contribution in [0, 0.1) is 5.92 Å². The molecule has 5 heteroatoms. The first-order chi connectivity index (χ1) is 10.1. The van der Waals surface area contributed by atoms with Gasteiger partial charge in [-0.15, -0.1) is 0 Å². The molecule has 1 atom stereocenters. The standard InChI is InChI=1S/C16H26N2O2S/c1-2-13-8-6-7-11-16(13)21(19,20)18-15(12-17)14-9-4-3-5-10-14/h6-8,11,14-15,18H,2-5,9-10,12,17H2,1H3. The number of nitrogens with two attached hydrogens (primary N) is 1. The molecule has 1 aliphatic carbocycles. The van der Waals surface area contributed by atoms with E-state index in [0.29, 0.717) is 23.8 Å². The van der Waals surface area contributed by atoms with Gasteiger partial charge < -0.3 is 5.73 Å². The van der Waals surface area contributed by atoms with Crippen molar-refractivity contribution in [2.75, 3.05) is 6.54 Å². The molecular formula is C16H26N2O2S. The van der Waals surface area contributed by atoms with Gasteiger partial charge in [-0.3, -0.25) is 0 Å². The van der Waals surface area contributed by atoms with Crippen LogP contribution in [-0.4, -0.2) is 21.0 Å². The zero-order chi connectivity index (χ0) is 15.3. The van der Waals surface area contributed by atoms with Crippen molar-refractivity contribution in [3.05, 3.63) is 29.8 Å². The predicted molar refractivity (Wildman–Crippen MR) is 85.6 cm³/mol. The summed E-state index contributed by atoms with van der Waals surface area (Å²) in [7, 11) is -3.49. The van der Waals surface area contributed by atoms with Crippen molar-refractivity contribution in [1.29, 1.82) is 0 Å². The molecule has 0 saturated heterocycles. The molecule has 0 spiro atoms. The minimum Gasteiger partial charge on any atom is -0.329 e.